The molecule has 0 bridgehead atoms. The summed E-state index contributed by atoms with van der Waals surface area (Å²) in [5, 5.41) is 0. The molecule has 3 aliphatic carbocycles. The summed E-state index contributed by atoms with van der Waals surface area (Å²) >= 11 is 0. The van der Waals surface area contributed by atoms with Crippen LogP contribution in [-0.2, 0) is 20.0 Å². The smallest absolute Gasteiger partial charge is 0.213 e. The summed E-state index contributed by atoms with van der Waals surface area (Å²) in [4.78, 5) is 0. The van der Waals surface area contributed by atoms with Gasteiger partial charge in [-0.2, -0.15) is 0 Å². The lowest BCUT2D eigenvalue weighted by atomic mass is 9.78. The van der Waals surface area contributed by atoms with Crippen LogP contribution in [0.3, 0.4) is 0 Å². The van der Waals surface area contributed by atoms with Crippen LogP contribution in [0.25, 0.3) is 0 Å². The zero-order chi connectivity index (χ0) is 15.6. The van der Waals surface area contributed by atoms with Crippen molar-refractivity contribution < 1.29 is 16.8 Å². The number of sulfonamides is 2. The van der Waals surface area contributed by atoms with E-state index in [1.165, 1.54) is 0 Å². The van der Waals surface area contributed by atoms with Crippen LogP contribution < -0.4 is 9.44 Å². The van der Waals surface area contributed by atoms with Gasteiger partial charge in [-0.1, -0.05) is 0 Å². The van der Waals surface area contributed by atoms with Crippen LogP contribution in [0, 0.1) is 0 Å². The lowest BCUT2D eigenvalue weighted by molar-refractivity contribution is 0.223. The van der Waals surface area contributed by atoms with Crippen LogP contribution >= 0.6 is 0 Å². The van der Waals surface area contributed by atoms with Gasteiger partial charge in [-0.15, -0.1) is 0 Å². The molecule has 122 valence electrons. The highest BCUT2D eigenvalue weighted by atomic mass is 32.2. The Morgan fingerprint density at radius 3 is 1.67 bits per heavy atom. The molecule has 0 aromatic carbocycles. The Morgan fingerprint density at radius 1 is 0.810 bits per heavy atom. The second-order valence-electron chi connectivity index (χ2n) is 7.46. The van der Waals surface area contributed by atoms with Crippen molar-refractivity contribution in [3.63, 3.8) is 0 Å². The third kappa shape index (κ3) is 2.64. The van der Waals surface area contributed by atoms with Crippen molar-refractivity contribution in [2.45, 2.75) is 73.8 Å². The quantitative estimate of drug-likeness (QED) is 0.721. The van der Waals surface area contributed by atoms with Gasteiger partial charge in [0.1, 0.15) is 0 Å². The highest BCUT2D eigenvalue weighted by molar-refractivity contribution is 7.91. The van der Waals surface area contributed by atoms with Gasteiger partial charge in [-0.05, 0) is 58.8 Å². The molecule has 6 nitrogen and oxygen atoms in total. The number of nitrogens with one attached hydrogen (secondary N) is 2. The molecule has 0 aromatic heterocycles. The standard InChI is InChI=1S/C13H24N2O4S2/c1-11(6-7-11)20(16,17)14-10-13(4-3-5-13)15-21(18,19)12(2)8-9-12/h14-15H,3-10H2,1-2H3. The SMILES string of the molecule is CC1(S(=O)(=O)NCC2(NS(=O)(=O)C3(C)CC3)CCC2)CC1. The highest BCUT2D eigenvalue weighted by Gasteiger charge is 2.55. The van der Waals surface area contributed by atoms with E-state index in [0.29, 0.717) is 38.5 Å². The van der Waals surface area contributed by atoms with Crippen molar-refractivity contribution in [1.29, 1.82) is 0 Å². The monoisotopic (exact) mass is 336 g/mol. The number of rotatable bonds is 7. The molecule has 0 spiro atoms. The topological polar surface area (TPSA) is 92.3 Å². The van der Waals surface area contributed by atoms with Crippen molar-refractivity contribution in [2.75, 3.05) is 6.54 Å². The predicted octanol–water partition coefficient (Wildman–Crippen LogP) is 0.853. The van der Waals surface area contributed by atoms with Gasteiger partial charge in [0.25, 0.3) is 0 Å². The first-order valence-electron chi connectivity index (χ1n) is 7.56. The van der Waals surface area contributed by atoms with E-state index in [1.807, 2.05) is 0 Å². The molecule has 2 N–H and O–H groups in total. The summed E-state index contributed by atoms with van der Waals surface area (Å²) < 4.78 is 53.2. The van der Waals surface area contributed by atoms with Crippen molar-refractivity contribution in [2.24, 2.45) is 0 Å². The maximum absolute atomic E-state index is 12.4. The average Bonchev–Trinajstić information content (AvgIpc) is 3.22. The fourth-order valence-electron chi connectivity index (χ4n) is 2.62. The molecule has 0 saturated heterocycles. The molecule has 0 atom stereocenters. The minimum absolute atomic E-state index is 0.167. The molecule has 0 aliphatic heterocycles. The minimum atomic E-state index is -3.38. The zero-order valence-corrected chi connectivity index (χ0v) is 14.2. The zero-order valence-electron chi connectivity index (χ0n) is 12.6. The summed E-state index contributed by atoms with van der Waals surface area (Å²) in [5.74, 6) is 0. The molecule has 0 unspecified atom stereocenters. The third-order valence-corrected chi connectivity index (χ3v) is 10.1. The van der Waals surface area contributed by atoms with E-state index in [9.17, 15) is 16.8 Å². The summed E-state index contributed by atoms with van der Waals surface area (Å²) in [6.07, 6.45) is 5.05. The molecule has 8 heteroatoms. The Morgan fingerprint density at radius 2 is 1.29 bits per heavy atom. The van der Waals surface area contributed by atoms with E-state index in [-0.39, 0.29) is 6.54 Å². The van der Waals surface area contributed by atoms with Gasteiger partial charge in [0, 0.05) is 12.1 Å². The average molecular weight is 336 g/mol. The van der Waals surface area contributed by atoms with E-state index < -0.39 is 35.1 Å². The Kier molecular flexibility index (Phi) is 3.31. The van der Waals surface area contributed by atoms with Gasteiger partial charge in [-0.3, -0.25) is 0 Å². The normalized spacial score (nSPS) is 28.7. The molecular weight excluding hydrogens is 312 g/mol. The minimum Gasteiger partial charge on any atom is -0.213 e. The predicted molar refractivity (Wildman–Crippen MR) is 80.8 cm³/mol. The lowest BCUT2D eigenvalue weighted by Gasteiger charge is -2.43. The fraction of sp³-hybridized carbons (Fsp3) is 1.00. The van der Waals surface area contributed by atoms with Crippen LogP contribution in [0.5, 0.6) is 0 Å². The van der Waals surface area contributed by atoms with Crippen molar-refractivity contribution in [1.82, 2.24) is 9.44 Å². The van der Waals surface area contributed by atoms with E-state index >= 15 is 0 Å². The van der Waals surface area contributed by atoms with E-state index in [1.54, 1.807) is 13.8 Å². The number of hydrogen-bond donors (Lipinski definition) is 2. The van der Waals surface area contributed by atoms with Crippen LogP contribution in [0.1, 0.15) is 58.8 Å². The second kappa shape index (κ2) is 4.43. The summed E-state index contributed by atoms with van der Waals surface area (Å²) in [6, 6.07) is 0. The first-order chi connectivity index (χ1) is 9.54. The Hall–Kier alpha value is -0.180. The fourth-order valence-corrected chi connectivity index (χ4v) is 5.81. The van der Waals surface area contributed by atoms with E-state index in [2.05, 4.69) is 9.44 Å². The summed E-state index contributed by atoms with van der Waals surface area (Å²) in [7, 11) is -6.73. The summed E-state index contributed by atoms with van der Waals surface area (Å²) in [6.45, 7) is 3.65. The maximum atomic E-state index is 12.4. The van der Waals surface area contributed by atoms with Crippen LogP contribution in [0.4, 0.5) is 0 Å². The summed E-state index contributed by atoms with van der Waals surface area (Å²) in [5.41, 5.74) is -0.622. The molecule has 0 heterocycles. The molecule has 3 saturated carbocycles. The Labute approximate surface area is 127 Å². The van der Waals surface area contributed by atoms with E-state index in [0.717, 1.165) is 6.42 Å². The second-order valence-corrected chi connectivity index (χ2v) is 11.9. The van der Waals surface area contributed by atoms with Gasteiger partial charge >= 0.3 is 0 Å². The molecule has 0 amide bonds. The third-order valence-electron chi connectivity index (χ3n) is 5.47. The van der Waals surface area contributed by atoms with Crippen molar-refractivity contribution >= 4 is 20.0 Å². The molecule has 3 fully saturated rings. The first kappa shape index (κ1) is 15.7. The Bertz CT molecular complexity index is 642. The largest absolute Gasteiger partial charge is 0.217 e. The molecule has 3 rings (SSSR count). The van der Waals surface area contributed by atoms with Crippen molar-refractivity contribution in [3.8, 4) is 0 Å². The highest BCUT2D eigenvalue weighted by Crippen LogP contribution is 2.45. The first-order valence-corrected chi connectivity index (χ1v) is 10.5. The van der Waals surface area contributed by atoms with Gasteiger partial charge in [-0.25, -0.2) is 26.3 Å². The number of hydrogen-bond acceptors (Lipinski definition) is 4. The lowest BCUT2D eigenvalue weighted by Crippen LogP contribution is -2.61. The van der Waals surface area contributed by atoms with E-state index in [4.69, 9.17) is 0 Å². The van der Waals surface area contributed by atoms with Gasteiger partial charge < -0.3 is 0 Å². The molecule has 0 aromatic rings. The van der Waals surface area contributed by atoms with Gasteiger partial charge in [0.15, 0.2) is 0 Å². The molecular formula is C13H24N2O4S2. The van der Waals surface area contributed by atoms with Crippen LogP contribution in [0.2, 0.25) is 0 Å². The molecule has 0 radical (unpaired) electrons. The molecule has 21 heavy (non-hydrogen) atoms. The van der Waals surface area contributed by atoms with Crippen molar-refractivity contribution in [3.05, 3.63) is 0 Å². The maximum Gasteiger partial charge on any atom is 0.217 e. The van der Waals surface area contributed by atoms with Gasteiger partial charge in [0.2, 0.25) is 20.0 Å². The van der Waals surface area contributed by atoms with Gasteiger partial charge in [0.05, 0.1) is 9.49 Å². The molecule has 3 aliphatic rings. The Balaban J connectivity index is 1.68. The van der Waals surface area contributed by atoms with Crippen LogP contribution in [0.15, 0.2) is 0 Å². The van der Waals surface area contributed by atoms with Crippen LogP contribution in [-0.4, -0.2) is 38.4 Å².